The molecule has 0 bridgehead atoms. The van der Waals surface area contributed by atoms with Crippen LogP contribution in [-0.2, 0) is 26.2 Å². The van der Waals surface area contributed by atoms with Crippen LogP contribution in [0.25, 0.3) is 27.4 Å². The van der Waals surface area contributed by atoms with Gasteiger partial charge in [-0.25, -0.2) is 12.1 Å². The van der Waals surface area contributed by atoms with Crippen molar-refractivity contribution in [2.75, 3.05) is 0 Å². The first-order valence-electron chi connectivity index (χ1n) is 8.08. The summed E-state index contributed by atoms with van der Waals surface area (Å²) in [7, 11) is 0. The molecule has 5 heteroatoms. The second-order valence-corrected chi connectivity index (χ2v) is 5.94. The van der Waals surface area contributed by atoms with Crippen LogP contribution in [0.15, 0.2) is 91.1 Å². The van der Waals surface area contributed by atoms with Gasteiger partial charge in [-0.15, -0.1) is 41.1 Å². The van der Waals surface area contributed by atoms with Gasteiger partial charge in [0.25, 0.3) is 0 Å². The van der Waals surface area contributed by atoms with Crippen molar-refractivity contribution >= 4 is 21.7 Å². The van der Waals surface area contributed by atoms with Crippen LogP contribution in [0, 0.1) is 6.92 Å². The maximum absolute atomic E-state index is 4.59. The molecule has 1 heterocycles. The summed E-state index contributed by atoms with van der Waals surface area (Å²) in [5, 5.41) is 8.28. The molecule has 0 radical (unpaired) electrons. The summed E-state index contributed by atoms with van der Waals surface area (Å²) in [4.78, 5) is 0. The molecule has 0 aliphatic carbocycles. The first kappa shape index (κ1) is 23.4. The van der Waals surface area contributed by atoms with E-state index in [1.165, 1.54) is 21.7 Å². The molecule has 0 aliphatic rings. The average molecular weight is 473 g/mol. The van der Waals surface area contributed by atoms with E-state index >= 15 is 0 Å². The summed E-state index contributed by atoms with van der Waals surface area (Å²) >= 11 is 0. The fourth-order valence-electron chi connectivity index (χ4n) is 2.83. The number of benzene rings is 2. The van der Waals surface area contributed by atoms with Gasteiger partial charge in [-0.2, -0.15) is 22.8 Å². The van der Waals surface area contributed by atoms with E-state index in [1.807, 2.05) is 35.0 Å². The Morgan fingerprint density at radius 3 is 2.07 bits per heavy atom. The summed E-state index contributed by atoms with van der Waals surface area (Å²) in [6.45, 7) is 2.08. The van der Waals surface area contributed by atoms with Crippen LogP contribution in [0.1, 0.15) is 5.56 Å². The van der Waals surface area contributed by atoms with Crippen molar-refractivity contribution in [3.63, 3.8) is 0 Å². The zero-order valence-electron chi connectivity index (χ0n) is 14.8. The third-order valence-electron chi connectivity index (χ3n) is 4.11. The Morgan fingerprint density at radius 1 is 0.852 bits per heavy atom. The molecule has 27 heavy (non-hydrogen) atoms. The number of rotatable bonds is 1. The van der Waals surface area contributed by atoms with E-state index in [2.05, 4.69) is 72.8 Å². The second kappa shape index (κ2) is 10.6. The molecule has 0 amide bonds. The summed E-state index contributed by atoms with van der Waals surface area (Å²) in [5.74, 6) is 0. The van der Waals surface area contributed by atoms with E-state index in [1.54, 1.807) is 0 Å². The van der Waals surface area contributed by atoms with Gasteiger partial charge >= 0.3 is 26.2 Å². The van der Waals surface area contributed by atoms with Crippen LogP contribution in [0.3, 0.4) is 0 Å². The predicted octanol–water partition coefficient (Wildman–Crippen LogP) is -0.383. The number of fused-ring (bicyclic) bond motifs is 2. The topological polar surface area (TPSA) is 17.8 Å². The van der Waals surface area contributed by atoms with Crippen molar-refractivity contribution in [2.24, 2.45) is 0 Å². The summed E-state index contributed by atoms with van der Waals surface area (Å²) in [6.07, 6.45) is 2.07. The third kappa shape index (κ3) is 5.42. The number of nitrogens with zero attached hydrogens (tertiary/aromatic N) is 2. The van der Waals surface area contributed by atoms with Gasteiger partial charge in [0.05, 0.1) is 5.52 Å². The van der Waals surface area contributed by atoms with E-state index in [9.17, 15) is 0 Å². The zero-order chi connectivity index (χ0) is 16.4. The Balaban J connectivity index is 0.000000354. The molecular weight excluding hydrogens is 454 g/mol. The van der Waals surface area contributed by atoms with E-state index in [0.717, 1.165) is 11.2 Å². The molecule has 0 atom stereocenters. The Labute approximate surface area is 190 Å². The average Bonchev–Trinajstić information content (AvgIpc) is 3.33. The minimum atomic E-state index is 0. The van der Waals surface area contributed by atoms with Crippen LogP contribution in [-0.4, -0.2) is 9.78 Å². The first-order valence-corrected chi connectivity index (χ1v) is 8.08. The Bertz CT molecular complexity index is 940. The molecule has 2 nitrogen and oxygen atoms in total. The third-order valence-corrected chi connectivity index (χ3v) is 4.11. The van der Waals surface area contributed by atoms with Crippen molar-refractivity contribution in [2.45, 2.75) is 6.92 Å². The Kier molecular flexibility index (Phi) is 9.19. The van der Waals surface area contributed by atoms with E-state index in [4.69, 9.17) is 0 Å². The van der Waals surface area contributed by atoms with Crippen LogP contribution in [0.2, 0.25) is 0 Å². The van der Waals surface area contributed by atoms with Gasteiger partial charge in [0.15, 0.2) is 0 Å². The minimum Gasteiger partial charge on any atom is -1.00 e. The number of aromatic nitrogens is 2. The SMILES string of the molecule is C[c-]1cccc1.[Cl-].[Cl-].[Zr+4].c1ccc2[cH-]c(-n3cc4ccccc4n3)cc2c1. The van der Waals surface area contributed by atoms with E-state index in [-0.39, 0.29) is 51.0 Å². The van der Waals surface area contributed by atoms with E-state index < -0.39 is 0 Å². The van der Waals surface area contributed by atoms with Crippen LogP contribution >= 0.6 is 0 Å². The van der Waals surface area contributed by atoms with Gasteiger partial charge in [-0.1, -0.05) is 31.2 Å². The smallest absolute Gasteiger partial charge is 1.00 e. The van der Waals surface area contributed by atoms with E-state index in [0.29, 0.717) is 0 Å². The fraction of sp³-hybridized carbons (Fsp3) is 0.0455. The maximum Gasteiger partial charge on any atom is 4.00 e. The predicted molar refractivity (Wildman–Crippen MR) is 101 cm³/mol. The number of hydrogen-bond donors (Lipinski definition) is 0. The standard InChI is InChI=1S/C16H11N2.C6H7.2ClH.Zr/c1-2-6-13-10-15(9-12(13)5-1)18-11-14-7-3-4-8-16(14)17-18;1-6-4-2-3-5-6;;;/h1-11H;2-5H,1H3;2*1H;/q2*-1;;;+4/p-2. The Hall–Kier alpha value is -1.67. The maximum atomic E-state index is 4.59. The monoisotopic (exact) mass is 470 g/mol. The molecular formula is C22H18Cl2N2Zr. The quantitative estimate of drug-likeness (QED) is 0.304. The summed E-state index contributed by atoms with van der Waals surface area (Å²) in [5.41, 5.74) is 3.49. The molecule has 0 spiro atoms. The minimum absolute atomic E-state index is 0. The normalized spacial score (nSPS) is 9.52. The number of halogens is 2. The fourth-order valence-corrected chi connectivity index (χ4v) is 2.83. The molecule has 5 rings (SSSR count). The van der Waals surface area contributed by atoms with Gasteiger partial charge in [0, 0.05) is 11.6 Å². The van der Waals surface area contributed by atoms with Crippen LogP contribution < -0.4 is 24.8 Å². The molecule has 0 unspecified atom stereocenters. The van der Waals surface area contributed by atoms with Gasteiger partial charge < -0.3 is 24.8 Å². The first-order chi connectivity index (χ1) is 11.8. The molecule has 0 saturated carbocycles. The van der Waals surface area contributed by atoms with Gasteiger partial charge in [0.2, 0.25) is 0 Å². The molecule has 0 fully saturated rings. The molecule has 1 aromatic heterocycles. The van der Waals surface area contributed by atoms with Crippen LogP contribution in [0.5, 0.6) is 0 Å². The number of aryl methyl sites for hydroxylation is 1. The molecule has 0 N–H and O–H groups in total. The molecule has 134 valence electrons. The zero-order valence-corrected chi connectivity index (χ0v) is 18.8. The molecule has 0 aliphatic heterocycles. The van der Waals surface area contributed by atoms with Gasteiger partial charge in [0.1, 0.15) is 0 Å². The van der Waals surface area contributed by atoms with Crippen molar-refractivity contribution in [1.82, 2.24) is 9.78 Å². The molecule has 5 aromatic rings. The van der Waals surface area contributed by atoms with Crippen molar-refractivity contribution < 1.29 is 51.0 Å². The van der Waals surface area contributed by atoms with Gasteiger partial charge in [-0.3, -0.25) is 4.68 Å². The van der Waals surface area contributed by atoms with Gasteiger partial charge in [-0.05, 0) is 11.8 Å². The van der Waals surface area contributed by atoms with Crippen LogP contribution in [0.4, 0.5) is 0 Å². The number of hydrogen-bond acceptors (Lipinski definition) is 1. The Morgan fingerprint density at radius 2 is 1.48 bits per heavy atom. The van der Waals surface area contributed by atoms with Crippen molar-refractivity contribution in [1.29, 1.82) is 0 Å². The largest absolute Gasteiger partial charge is 4.00 e. The van der Waals surface area contributed by atoms with Crippen molar-refractivity contribution in [3.05, 3.63) is 96.7 Å². The summed E-state index contributed by atoms with van der Waals surface area (Å²) in [6, 6.07) is 29.1. The van der Waals surface area contributed by atoms with Crippen molar-refractivity contribution in [3.8, 4) is 5.69 Å². The molecule has 4 aromatic carbocycles. The summed E-state index contributed by atoms with van der Waals surface area (Å²) < 4.78 is 1.95. The second-order valence-electron chi connectivity index (χ2n) is 5.94. The molecule has 0 saturated heterocycles.